The monoisotopic (exact) mass is 429 g/mol. The molecule has 0 bridgehead atoms. The highest BCUT2D eigenvalue weighted by Crippen LogP contribution is 2.05. The molecule has 0 aromatic heterocycles. The molecule has 0 radical (unpaired) electrons. The maximum Gasteiger partial charge on any atom is 0.0594 e. The SMILES string of the molecule is COCCCN1CCN(CCOCCN2CCN(CCCCOCC[O-])CC2)CC1. The van der Waals surface area contributed by atoms with Crippen molar-refractivity contribution in [2.24, 2.45) is 0 Å². The van der Waals surface area contributed by atoms with E-state index in [1.54, 1.807) is 7.11 Å². The van der Waals surface area contributed by atoms with Gasteiger partial charge in [0.15, 0.2) is 0 Å². The van der Waals surface area contributed by atoms with Crippen LogP contribution in [0.15, 0.2) is 0 Å². The minimum Gasteiger partial charge on any atom is -0.853 e. The molecule has 0 N–H and O–H groups in total. The van der Waals surface area contributed by atoms with Crippen LogP contribution in [0.4, 0.5) is 0 Å². The van der Waals surface area contributed by atoms with E-state index >= 15 is 0 Å². The molecule has 0 saturated carbocycles. The second-order valence-corrected chi connectivity index (χ2v) is 8.35. The van der Waals surface area contributed by atoms with Crippen LogP contribution >= 0.6 is 0 Å². The molecule has 0 unspecified atom stereocenters. The lowest BCUT2D eigenvalue weighted by atomic mass is 10.2. The van der Waals surface area contributed by atoms with Crippen LogP contribution in [-0.2, 0) is 14.2 Å². The lowest BCUT2D eigenvalue weighted by molar-refractivity contribution is -0.374. The molecule has 30 heavy (non-hydrogen) atoms. The van der Waals surface area contributed by atoms with Crippen molar-refractivity contribution in [1.29, 1.82) is 0 Å². The van der Waals surface area contributed by atoms with Gasteiger partial charge < -0.3 is 29.1 Å². The Morgan fingerprint density at radius 3 is 1.50 bits per heavy atom. The molecule has 0 spiro atoms. The van der Waals surface area contributed by atoms with E-state index in [1.807, 2.05) is 0 Å². The molecule has 2 rings (SSSR count). The van der Waals surface area contributed by atoms with Gasteiger partial charge in [-0.2, -0.15) is 0 Å². The van der Waals surface area contributed by atoms with E-state index in [0.717, 1.165) is 111 Å². The molecular weight excluding hydrogens is 384 g/mol. The maximum absolute atomic E-state index is 10.3. The molecule has 0 aliphatic carbocycles. The Kier molecular flexibility index (Phi) is 14.9. The molecule has 0 aromatic carbocycles. The summed E-state index contributed by atoms with van der Waals surface area (Å²) in [5, 5.41) is 10.3. The number of methoxy groups -OCH3 is 1. The summed E-state index contributed by atoms with van der Waals surface area (Å²) in [5.74, 6) is 0. The maximum atomic E-state index is 10.3. The molecule has 2 heterocycles. The van der Waals surface area contributed by atoms with Crippen LogP contribution in [0.3, 0.4) is 0 Å². The Labute approximate surface area is 184 Å². The lowest BCUT2D eigenvalue weighted by Crippen LogP contribution is -2.48. The van der Waals surface area contributed by atoms with Crippen LogP contribution in [0.5, 0.6) is 0 Å². The van der Waals surface area contributed by atoms with Crippen molar-refractivity contribution in [2.45, 2.75) is 19.3 Å². The first-order valence-electron chi connectivity index (χ1n) is 11.9. The molecule has 8 nitrogen and oxygen atoms in total. The van der Waals surface area contributed by atoms with E-state index < -0.39 is 0 Å². The van der Waals surface area contributed by atoms with Crippen molar-refractivity contribution in [3.8, 4) is 0 Å². The van der Waals surface area contributed by atoms with Gasteiger partial charge in [0, 0.05) is 98.9 Å². The van der Waals surface area contributed by atoms with Gasteiger partial charge in [0.1, 0.15) is 0 Å². The van der Waals surface area contributed by atoms with Crippen LogP contribution in [0.1, 0.15) is 19.3 Å². The zero-order chi connectivity index (χ0) is 21.3. The van der Waals surface area contributed by atoms with Gasteiger partial charge in [0.05, 0.1) is 13.2 Å². The summed E-state index contributed by atoms with van der Waals surface area (Å²) in [6.45, 7) is 17.1. The second kappa shape index (κ2) is 17.3. The summed E-state index contributed by atoms with van der Waals surface area (Å²) in [6, 6.07) is 0. The smallest absolute Gasteiger partial charge is 0.0594 e. The van der Waals surface area contributed by atoms with Gasteiger partial charge in [-0.3, -0.25) is 9.80 Å². The van der Waals surface area contributed by atoms with Gasteiger partial charge in [0.25, 0.3) is 0 Å². The fourth-order valence-corrected chi connectivity index (χ4v) is 4.10. The minimum absolute atomic E-state index is 0.127. The number of piperazine rings is 2. The van der Waals surface area contributed by atoms with Crippen LogP contribution in [-0.4, -0.2) is 145 Å². The van der Waals surface area contributed by atoms with Gasteiger partial charge in [0.2, 0.25) is 0 Å². The summed E-state index contributed by atoms with van der Waals surface area (Å²) in [5.41, 5.74) is 0. The lowest BCUT2D eigenvalue weighted by Gasteiger charge is -2.35. The second-order valence-electron chi connectivity index (χ2n) is 8.35. The molecule has 178 valence electrons. The Morgan fingerprint density at radius 1 is 0.533 bits per heavy atom. The molecule has 0 amide bonds. The largest absolute Gasteiger partial charge is 0.853 e. The average Bonchev–Trinajstić information content (AvgIpc) is 2.78. The zero-order valence-electron chi connectivity index (χ0n) is 19.3. The van der Waals surface area contributed by atoms with Crippen molar-refractivity contribution < 1.29 is 19.3 Å². The Bertz CT molecular complexity index is 389. The fraction of sp³-hybridized carbons (Fsp3) is 1.00. The summed E-state index contributed by atoms with van der Waals surface area (Å²) >= 11 is 0. The molecule has 0 aromatic rings. The first-order chi connectivity index (χ1) is 14.8. The Hall–Kier alpha value is -0.320. The highest BCUT2D eigenvalue weighted by atomic mass is 16.5. The number of ether oxygens (including phenoxy) is 3. The van der Waals surface area contributed by atoms with E-state index in [-0.39, 0.29) is 6.61 Å². The molecule has 0 atom stereocenters. The van der Waals surface area contributed by atoms with E-state index in [0.29, 0.717) is 6.61 Å². The molecule has 2 aliphatic heterocycles. The van der Waals surface area contributed by atoms with Gasteiger partial charge in [-0.15, -0.1) is 6.61 Å². The van der Waals surface area contributed by atoms with E-state index in [9.17, 15) is 5.11 Å². The third-order valence-corrected chi connectivity index (χ3v) is 6.10. The van der Waals surface area contributed by atoms with Gasteiger partial charge in [-0.05, 0) is 25.8 Å². The van der Waals surface area contributed by atoms with Crippen LogP contribution < -0.4 is 5.11 Å². The number of hydrogen-bond acceptors (Lipinski definition) is 8. The predicted octanol–water partition coefficient (Wildman–Crippen LogP) is -0.568. The highest BCUT2D eigenvalue weighted by Gasteiger charge is 2.17. The summed E-state index contributed by atoms with van der Waals surface area (Å²) in [6.07, 6.45) is 3.34. The molecule has 2 fully saturated rings. The molecule has 2 saturated heterocycles. The average molecular weight is 430 g/mol. The highest BCUT2D eigenvalue weighted by molar-refractivity contribution is 4.73. The third kappa shape index (κ3) is 11.9. The Balaban J connectivity index is 1.37. The van der Waals surface area contributed by atoms with Crippen molar-refractivity contribution in [1.82, 2.24) is 19.6 Å². The number of hydrogen-bond donors (Lipinski definition) is 0. The fourth-order valence-electron chi connectivity index (χ4n) is 4.10. The van der Waals surface area contributed by atoms with Gasteiger partial charge in [-0.25, -0.2) is 0 Å². The molecule has 8 heteroatoms. The van der Waals surface area contributed by atoms with Crippen molar-refractivity contribution >= 4 is 0 Å². The predicted molar refractivity (Wildman–Crippen MR) is 118 cm³/mol. The van der Waals surface area contributed by atoms with E-state index in [1.165, 1.54) is 13.1 Å². The van der Waals surface area contributed by atoms with Crippen molar-refractivity contribution in [2.75, 3.05) is 125 Å². The number of unbranched alkanes of at least 4 members (excludes halogenated alkanes) is 1. The molecule has 2 aliphatic rings. The van der Waals surface area contributed by atoms with Crippen LogP contribution in [0, 0.1) is 0 Å². The molecular formula is C22H45N4O4-. The van der Waals surface area contributed by atoms with Crippen molar-refractivity contribution in [3.05, 3.63) is 0 Å². The van der Waals surface area contributed by atoms with E-state index in [4.69, 9.17) is 14.2 Å². The summed E-state index contributed by atoms with van der Waals surface area (Å²) < 4.78 is 16.3. The van der Waals surface area contributed by atoms with Crippen LogP contribution in [0.2, 0.25) is 0 Å². The van der Waals surface area contributed by atoms with Gasteiger partial charge >= 0.3 is 0 Å². The number of rotatable bonds is 17. The quantitative estimate of drug-likeness (QED) is 0.285. The first-order valence-corrected chi connectivity index (χ1v) is 11.9. The van der Waals surface area contributed by atoms with Crippen molar-refractivity contribution in [3.63, 3.8) is 0 Å². The minimum atomic E-state index is -0.127. The topological polar surface area (TPSA) is 63.7 Å². The summed E-state index contributed by atoms with van der Waals surface area (Å²) in [7, 11) is 1.78. The Morgan fingerprint density at radius 2 is 1.00 bits per heavy atom. The first kappa shape index (κ1) is 25.9. The standard InChI is InChI=1S/C22H45N4O4/c1-28-18-4-6-24-9-13-26(14-10-24)16-21-30-20-15-25-11-7-23(8-12-25)5-2-3-19-29-22-17-27/h2-22H2,1H3/q-1. The third-order valence-electron chi connectivity index (χ3n) is 6.10. The van der Waals surface area contributed by atoms with Crippen LogP contribution in [0.25, 0.3) is 0 Å². The zero-order valence-corrected chi connectivity index (χ0v) is 19.3. The number of nitrogens with zero attached hydrogens (tertiary/aromatic N) is 4. The summed E-state index contributed by atoms with van der Waals surface area (Å²) in [4.78, 5) is 10.1. The van der Waals surface area contributed by atoms with E-state index in [2.05, 4.69) is 19.6 Å². The normalized spacial score (nSPS) is 20.2. The van der Waals surface area contributed by atoms with Gasteiger partial charge in [-0.1, -0.05) is 0 Å².